The molecule has 0 aliphatic carbocycles. The number of amides is 1. The van der Waals surface area contributed by atoms with Crippen LogP contribution in [0.4, 0.5) is 20.3 Å². The van der Waals surface area contributed by atoms with Crippen LogP contribution < -0.4 is 10.6 Å². The first-order chi connectivity index (χ1) is 10.1. The van der Waals surface area contributed by atoms with Gasteiger partial charge in [0.05, 0.1) is 11.3 Å². The van der Waals surface area contributed by atoms with Crippen LogP contribution in [0, 0.1) is 11.6 Å². The summed E-state index contributed by atoms with van der Waals surface area (Å²) < 4.78 is 26.5. The van der Waals surface area contributed by atoms with E-state index >= 15 is 0 Å². The Morgan fingerprint density at radius 2 is 2.05 bits per heavy atom. The Morgan fingerprint density at radius 3 is 2.71 bits per heavy atom. The molecule has 4 nitrogen and oxygen atoms in total. The van der Waals surface area contributed by atoms with Gasteiger partial charge in [-0.15, -0.1) is 0 Å². The van der Waals surface area contributed by atoms with Gasteiger partial charge in [-0.05, 0) is 30.7 Å². The van der Waals surface area contributed by atoms with Crippen LogP contribution in [0.2, 0.25) is 0 Å². The van der Waals surface area contributed by atoms with Gasteiger partial charge in [0.1, 0.15) is 17.5 Å². The number of aromatic nitrogens is 1. The molecule has 0 aliphatic rings. The fourth-order valence-electron chi connectivity index (χ4n) is 1.67. The van der Waals surface area contributed by atoms with Gasteiger partial charge in [0.15, 0.2) is 0 Å². The van der Waals surface area contributed by atoms with Crippen molar-refractivity contribution in [1.82, 2.24) is 4.98 Å². The number of carbonyl (C=O) groups excluding carboxylic acids is 1. The van der Waals surface area contributed by atoms with E-state index in [9.17, 15) is 13.6 Å². The van der Waals surface area contributed by atoms with Crippen molar-refractivity contribution in [2.24, 2.45) is 0 Å². The molecule has 1 aromatic carbocycles. The lowest BCUT2D eigenvalue weighted by atomic mass is 10.2. The van der Waals surface area contributed by atoms with Crippen LogP contribution in [0.25, 0.3) is 0 Å². The minimum Gasteiger partial charge on any atom is -0.370 e. The van der Waals surface area contributed by atoms with E-state index < -0.39 is 17.5 Å². The Kier molecular flexibility index (Phi) is 4.81. The predicted octanol–water partition coefficient (Wildman–Crippen LogP) is 3.43. The Labute approximate surface area is 121 Å². The second kappa shape index (κ2) is 6.78. The van der Waals surface area contributed by atoms with E-state index in [1.54, 1.807) is 12.1 Å². The molecule has 6 heteroatoms. The lowest BCUT2D eigenvalue weighted by Crippen LogP contribution is -2.14. The van der Waals surface area contributed by atoms with Crippen LogP contribution in [0.1, 0.15) is 23.7 Å². The predicted molar refractivity (Wildman–Crippen MR) is 77.3 cm³/mol. The summed E-state index contributed by atoms with van der Waals surface area (Å²) in [5.41, 5.74) is 0.0638. The molecule has 2 aromatic rings. The molecule has 1 heterocycles. The molecule has 21 heavy (non-hydrogen) atoms. The van der Waals surface area contributed by atoms with Crippen LogP contribution in [0.15, 0.2) is 36.5 Å². The quantitative estimate of drug-likeness (QED) is 0.887. The molecule has 2 N–H and O–H groups in total. The van der Waals surface area contributed by atoms with Gasteiger partial charge in [-0.3, -0.25) is 4.79 Å². The molecule has 0 fully saturated rings. The number of anilines is 2. The fourth-order valence-corrected chi connectivity index (χ4v) is 1.67. The van der Waals surface area contributed by atoms with Crippen molar-refractivity contribution >= 4 is 17.4 Å². The second-order valence-electron chi connectivity index (χ2n) is 4.44. The minimum atomic E-state index is -0.695. The third-order valence-corrected chi connectivity index (χ3v) is 2.76. The molecule has 1 amide bonds. The summed E-state index contributed by atoms with van der Waals surface area (Å²) in [7, 11) is 0. The number of nitrogens with zero attached hydrogens (tertiary/aromatic N) is 1. The van der Waals surface area contributed by atoms with Gasteiger partial charge in [0, 0.05) is 18.8 Å². The van der Waals surface area contributed by atoms with E-state index in [4.69, 9.17) is 0 Å². The summed E-state index contributed by atoms with van der Waals surface area (Å²) in [4.78, 5) is 16.0. The summed E-state index contributed by atoms with van der Waals surface area (Å²) in [5, 5.41) is 5.39. The highest BCUT2D eigenvalue weighted by Crippen LogP contribution is 2.16. The number of hydrogen-bond donors (Lipinski definition) is 2. The van der Waals surface area contributed by atoms with Gasteiger partial charge in [-0.25, -0.2) is 13.8 Å². The molecular formula is C15H15F2N3O. The van der Waals surface area contributed by atoms with E-state index in [1.807, 2.05) is 6.92 Å². The molecule has 0 spiro atoms. The van der Waals surface area contributed by atoms with Crippen LogP contribution in [-0.4, -0.2) is 17.4 Å². The zero-order chi connectivity index (χ0) is 15.2. The van der Waals surface area contributed by atoms with Crippen molar-refractivity contribution in [3.8, 4) is 0 Å². The maximum atomic E-state index is 13.4. The van der Waals surface area contributed by atoms with Gasteiger partial charge in [-0.1, -0.05) is 6.92 Å². The summed E-state index contributed by atoms with van der Waals surface area (Å²) in [5.74, 6) is -1.21. The Bertz CT molecular complexity index is 629. The Morgan fingerprint density at radius 1 is 1.24 bits per heavy atom. The summed E-state index contributed by atoms with van der Waals surface area (Å²) in [6.07, 6.45) is 2.34. The highest BCUT2D eigenvalue weighted by molar-refractivity contribution is 6.04. The molecule has 1 aromatic heterocycles. The van der Waals surface area contributed by atoms with Crippen molar-refractivity contribution in [3.05, 3.63) is 53.7 Å². The lowest BCUT2D eigenvalue weighted by Gasteiger charge is -2.07. The Balaban J connectivity index is 2.07. The topological polar surface area (TPSA) is 54.0 Å². The van der Waals surface area contributed by atoms with Gasteiger partial charge in [-0.2, -0.15) is 0 Å². The average molecular weight is 291 g/mol. The molecule has 110 valence electrons. The molecule has 0 atom stereocenters. The van der Waals surface area contributed by atoms with Crippen molar-refractivity contribution in [2.75, 3.05) is 17.2 Å². The number of rotatable bonds is 5. The first-order valence-electron chi connectivity index (χ1n) is 6.56. The van der Waals surface area contributed by atoms with Gasteiger partial charge < -0.3 is 10.6 Å². The average Bonchev–Trinajstić information content (AvgIpc) is 2.49. The molecule has 0 radical (unpaired) electrons. The maximum absolute atomic E-state index is 13.4. The van der Waals surface area contributed by atoms with Crippen molar-refractivity contribution in [1.29, 1.82) is 0 Å². The molecular weight excluding hydrogens is 276 g/mol. The standard InChI is InChI=1S/C15H15F2N3O/c1-2-7-18-14-6-3-10(9-19-14)15(21)20-13-8-11(16)4-5-12(13)17/h3-6,8-9H,2,7H2,1H3,(H,18,19)(H,20,21). The molecule has 2 rings (SSSR count). The highest BCUT2D eigenvalue weighted by atomic mass is 19.1. The molecule has 0 aliphatic heterocycles. The van der Waals surface area contributed by atoms with Crippen LogP contribution in [-0.2, 0) is 0 Å². The zero-order valence-electron chi connectivity index (χ0n) is 11.5. The number of carbonyl (C=O) groups is 1. The van der Waals surface area contributed by atoms with E-state index in [0.717, 1.165) is 31.2 Å². The SMILES string of the molecule is CCCNc1ccc(C(=O)Nc2cc(F)ccc2F)cn1. The van der Waals surface area contributed by atoms with Crippen molar-refractivity contribution in [2.45, 2.75) is 13.3 Å². The van der Waals surface area contributed by atoms with Crippen LogP contribution in [0.3, 0.4) is 0 Å². The molecule has 0 saturated heterocycles. The summed E-state index contributed by atoms with van der Waals surface area (Å²) >= 11 is 0. The number of halogens is 2. The number of hydrogen-bond acceptors (Lipinski definition) is 3. The third-order valence-electron chi connectivity index (χ3n) is 2.76. The van der Waals surface area contributed by atoms with Crippen LogP contribution in [0.5, 0.6) is 0 Å². The van der Waals surface area contributed by atoms with Gasteiger partial charge in [0.2, 0.25) is 0 Å². The number of nitrogens with one attached hydrogen (secondary N) is 2. The number of pyridine rings is 1. The van der Waals surface area contributed by atoms with Crippen molar-refractivity contribution < 1.29 is 13.6 Å². The largest absolute Gasteiger partial charge is 0.370 e. The van der Waals surface area contributed by atoms with Gasteiger partial charge >= 0.3 is 0 Å². The Hall–Kier alpha value is -2.50. The van der Waals surface area contributed by atoms with E-state index in [1.165, 1.54) is 6.20 Å². The monoisotopic (exact) mass is 291 g/mol. The van der Waals surface area contributed by atoms with E-state index in [-0.39, 0.29) is 11.3 Å². The fraction of sp³-hybridized carbons (Fsp3) is 0.200. The molecule has 0 saturated carbocycles. The normalized spacial score (nSPS) is 10.2. The van der Waals surface area contributed by atoms with Gasteiger partial charge in [0.25, 0.3) is 5.91 Å². The van der Waals surface area contributed by atoms with E-state index in [0.29, 0.717) is 5.82 Å². The minimum absolute atomic E-state index is 0.201. The summed E-state index contributed by atoms with van der Waals surface area (Å²) in [6, 6.07) is 6.10. The first-order valence-corrected chi connectivity index (χ1v) is 6.56. The molecule has 0 bridgehead atoms. The third kappa shape index (κ3) is 3.98. The summed E-state index contributed by atoms with van der Waals surface area (Å²) in [6.45, 7) is 2.81. The first kappa shape index (κ1) is 14.9. The maximum Gasteiger partial charge on any atom is 0.257 e. The van der Waals surface area contributed by atoms with E-state index in [2.05, 4.69) is 15.6 Å². The number of benzene rings is 1. The van der Waals surface area contributed by atoms with Crippen molar-refractivity contribution in [3.63, 3.8) is 0 Å². The highest BCUT2D eigenvalue weighted by Gasteiger charge is 2.10. The molecule has 0 unspecified atom stereocenters. The second-order valence-corrected chi connectivity index (χ2v) is 4.44. The van der Waals surface area contributed by atoms with Crippen LogP contribution >= 0.6 is 0 Å². The smallest absolute Gasteiger partial charge is 0.257 e. The lowest BCUT2D eigenvalue weighted by molar-refractivity contribution is 0.102. The zero-order valence-corrected chi connectivity index (χ0v) is 11.5.